The lowest BCUT2D eigenvalue weighted by Gasteiger charge is -2.14. The lowest BCUT2D eigenvalue weighted by atomic mass is 10.1. The second kappa shape index (κ2) is 6.89. The molecule has 0 aliphatic heterocycles. The number of hydrogen-bond donors (Lipinski definition) is 3. The number of carbonyl (C=O) groups is 2. The van der Waals surface area contributed by atoms with Crippen molar-refractivity contribution in [1.82, 2.24) is 10.3 Å². The first-order valence-electron chi connectivity index (χ1n) is 7.18. The molecule has 3 N–H and O–H groups in total. The van der Waals surface area contributed by atoms with Crippen molar-refractivity contribution in [2.24, 2.45) is 0 Å². The Morgan fingerprint density at radius 3 is 2.73 bits per heavy atom. The molecule has 22 heavy (non-hydrogen) atoms. The average molecular weight is 302 g/mol. The molecule has 2 rings (SSSR count). The molecule has 1 amide bonds. The molecular weight excluding hydrogens is 284 g/mol. The quantitative estimate of drug-likeness (QED) is 0.759. The van der Waals surface area contributed by atoms with E-state index in [-0.39, 0.29) is 11.3 Å². The van der Waals surface area contributed by atoms with Gasteiger partial charge in [-0.3, -0.25) is 9.59 Å². The Hall–Kier alpha value is -2.63. The van der Waals surface area contributed by atoms with Crippen LogP contribution in [0.1, 0.15) is 36.7 Å². The van der Waals surface area contributed by atoms with Gasteiger partial charge >= 0.3 is 5.97 Å². The van der Waals surface area contributed by atoms with Crippen LogP contribution in [0, 0.1) is 0 Å². The van der Waals surface area contributed by atoms with Crippen LogP contribution in [0.2, 0.25) is 0 Å². The number of hydrogen-bond acceptors (Lipinski definition) is 3. The maximum Gasteiger partial charge on any atom is 0.326 e. The Balaban J connectivity index is 2.25. The number of H-pyrrole nitrogens is 1. The lowest BCUT2D eigenvalue weighted by Crippen LogP contribution is -2.41. The Bertz CT molecular complexity index is 751. The van der Waals surface area contributed by atoms with Crippen LogP contribution in [-0.2, 0) is 4.79 Å². The Morgan fingerprint density at radius 1 is 1.32 bits per heavy atom. The predicted octanol–water partition coefficient (Wildman–Crippen LogP) is 1.90. The van der Waals surface area contributed by atoms with Gasteiger partial charge in [0.1, 0.15) is 11.7 Å². The maximum atomic E-state index is 12.2. The molecular formula is C16H18N2O4. The van der Waals surface area contributed by atoms with E-state index in [1.54, 1.807) is 30.3 Å². The minimum absolute atomic E-state index is 0.0615. The molecule has 1 atom stereocenters. The number of nitrogens with one attached hydrogen (secondary N) is 2. The summed E-state index contributed by atoms with van der Waals surface area (Å²) in [5, 5.41) is 12.7. The standard InChI is InChI=1S/C16H18N2O4/c1-2-3-8-12(16(21)22)17-15(20)13-9-10-6-4-5-7-11(10)14(19)18-13/h4-7,9,12H,2-3,8H2,1H3,(H,17,20)(H,18,19)(H,21,22). The van der Waals surface area contributed by atoms with E-state index < -0.39 is 17.9 Å². The smallest absolute Gasteiger partial charge is 0.326 e. The number of benzene rings is 1. The highest BCUT2D eigenvalue weighted by atomic mass is 16.4. The minimum Gasteiger partial charge on any atom is -0.480 e. The van der Waals surface area contributed by atoms with E-state index >= 15 is 0 Å². The summed E-state index contributed by atoms with van der Waals surface area (Å²) < 4.78 is 0. The fourth-order valence-electron chi connectivity index (χ4n) is 2.23. The first-order valence-corrected chi connectivity index (χ1v) is 7.18. The molecule has 0 aliphatic carbocycles. The van der Waals surface area contributed by atoms with Gasteiger partial charge < -0.3 is 15.4 Å². The Labute approximate surface area is 127 Å². The normalized spacial score (nSPS) is 12.0. The summed E-state index contributed by atoms with van der Waals surface area (Å²) in [5.41, 5.74) is -0.310. The molecule has 0 saturated carbocycles. The first-order chi connectivity index (χ1) is 10.5. The Kier molecular flexibility index (Phi) is 4.93. The van der Waals surface area contributed by atoms with Crippen LogP contribution in [0.5, 0.6) is 0 Å². The van der Waals surface area contributed by atoms with Crippen LogP contribution in [0.15, 0.2) is 35.1 Å². The molecule has 2 aromatic rings. The SMILES string of the molecule is CCCCC(NC(=O)c1cc2ccccc2c(=O)[nH]1)C(=O)O. The van der Waals surface area contributed by atoms with Gasteiger partial charge in [0, 0.05) is 5.39 Å². The third kappa shape index (κ3) is 3.52. The zero-order chi connectivity index (χ0) is 16.1. The number of aromatic amines is 1. The number of aliphatic carboxylic acids is 1. The van der Waals surface area contributed by atoms with Crippen molar-refractivity contribution in [2.75, 3.05) is 0 Å². The van der Waals surface area contributed by atoms with E-state index in [9.17, 15) is 14.4 Å². The van der Waals surface area contributed by atoms with E-state index in [0.717, 1.165) is 6.42 Å². The summed E-state index contributed by atoms with van der Waals surface area (Å²) in [4.78, 5) is 37.8. The van der Waals surface area contributed by atoms with Gasteiger partial charge in [-0.2, -0.15) is 0 Å². The number of carbonyl (C=O) groups excluding carboxylic acids is 1. The molecule has 0 radical (unpaired) electrons. The molecule has 0 aliphatic rings. The number of carboxylic acids is 1. The van der Waals surface area contributed by atoms with E-state index in [4.69, 9.17) is 5.11 Å². The second-order valence-electron chi connectivity index (χ2n) is 5.11. The van der Waals surface area contributed by atoms with Gasteiger partial charge in [0.25, 0.3) is 11.5 Å². The molecule has 0 spiro atoms. The van der Waals surface area contributed by atoms with Crippen molar-refractivity contribution in [3.05, 3.63) is 46.4 Å². The van der Waals surface area contributed by atoms with Crippen molar-refractivity contribution in [1.29, 1.82) is 0 Å². The third-order valence-corrected chi connectivity index (χ3v) is 3.45. The van der Waals surface area contributed by atoms with Crippen LogP contribution in [0.25, 0.3) is 10.8 Å². The van der Waals surface area contributed by atoms with Gasteiger partial charge in [-0.25, -0.2) is 4.79 Å². The molecule has 6 nitrogen and oxygen atoms in total. The van der Waals surface area contributed by atoms with Gasteiger partial charge in [0.15, 0.2) is 0 Å². The van der Waals surface area contributed by atoms with Gasteiger partial charge in [0.05, 0.1) is 0 Å². The fourth-order valence-corrected chi connectivity index (χ4v) is 2.23. The van der Waals surface area contributed by atoms with E-state index in [2.05, 4.69) is 10.3 Å². The minimum atomic E-state index is -1.08. The summed E-state index contributed by atoms with van der Waals surface area (Å²) in [6.07, 6.45) is 1.90. The molecule has 0 bridgehead atoms. The molecule has 116 valence electrons. The van der Waals surface area contributed by atoms with Crippen molar-refractivity contribution >= 4 is 22.6 Å². The number of rotatable bonds is 6. The topological polar surface area (TPSA) is 99.3 Å². The van der Waals surface area contributed by atoms with Crippen LogP contribution in [-0.4, -0.2) is 28.0 Å². The number of carboxylic acid groups (broad SMARTS) is 1. The summed E-state index contributed by atoms with van der Waals surface area (Å²) in [6, 6.07) is 7.49. The van der Waals surface area contributed by atoms with E-state index in [1.165, 1.54) is 0 Å². The van der Waals surface area contributed by atoms with Crippen molar-refractivity contribution in [2.45, 2.75) is 32.2 Å². The number of pyridine rings is 1. The third-order valence-electron chi connectivity index (χ3n) is 3.45. The van der Waals surface area contributed by atoms with Gasteiger partial charge in [-0.1, -0.05) is 38.0 Å². The van der Waals surface area contributed by atoms with Crippen molar-refractivity contribution in [3.8, 4) is 0 Å². The monoisotopic (exact) mass is 302 g/mol. The molecule has 1 aromatic carbocycles. The molecule has 0 fully saturated rings. The number of fused-ring (bicyclic) bond motifs is 1. The highest BCUT2D eigenvalue weighted by molar-refractivity contribution is 5.98. The summed E-state index contributed by atoms with van der Waals surface area (Å²) in [5.74, 6) is -1.67. The highest BCUT2D eigenvalue weighted by Crippen LogP contribution is 2.10. The molecule has 1 unspecified atom stereocenters. The largest absolute Gasteiger partial charge is 0.480 e. The zero-order valence-corrected chi connectivity index (χ0v) is 12.3. The van der Waals surface area contributed by atoms with Gasteiger partial charge in [0.2, 0.25) is 0 Å². The summed E-state index contributed by atoms with van der Waals surface area (Å²) in [6.45, 7) is 1.95. The van der Waals surface area contributed by atoms with Gasteiger partial charge in [-0.05, 0) is 23.9 Å². The number of unbranched alkanes of at least 4 members (excludes halogenated alkanes) is 1. The molecule has 6 heteroatoms. The molecule has 1 aromatic heterocycles. The van der Waals surface area contributed by atoms with Crippen molar-refractivity contribution < 1.29 is 14.7 Å². The molecule has 1 heterocycles. The van der Waals surface area contributed by atoms with Crippen LogP contribution in [0.3, 0.4) is 0 Å². The Morgan fingerprint density at radius 2 is 2.05 bits per heavy atom. The van der Waals surface area contributed by atoms with Crippen LogP contribution < -0.4 is 10.9 Å². The average Bonchev–Trinajstić information content (AvgIpc) is 2.50. The zero-order valence-electron chi connectivity index (χ0n) is 12.3. The van der Waals surface area contributed by atoms with Crippen LogP contribution in [0.4, 0.5) is 0 Å². The molecule has 0 saturated heterocycles. The number of amides is 1. The fraction of sp³-hybridized carbons (Fsp3) is 0.312. The highest BCUT2D eigenvalue weighted by Gasteiger charge is 2.20. The lowest BCUT2D eigenvalue weighted by molar-refractivity contribution is -0.139. The number of aromatic nitrogens is 1. The summed E-state index contributed by atoms with van der Waals surface area (Å²) in [7, 11) is 0. The predicted molar refractivity (Wildman–Crippen MR) is 83.0 cm³/mol. The first kappa shape index (κ1) is 15.8. The van der Waals surface area contributed by atoms with Crippen LogP contribution >= 0.6 is 0 Å². The van der Waals surface area contributed by atoms with Crippen molar-refractivity contribution in [3.63, 3.8) is 0 Å². The second-order valence-corrected chi connectivity index (χ2v) is 5.11. The van der Waals surface area contributed by atoms with E-state index in [1.807, 2.05) is 6.92 Å². The van der Waals surface area contributed by atoms with Gasteiger partial charge in [-0.15, -0.1) is 0 Å². The summed E-state index contributed by atoms with van der Waals surface area (Å²) >= 11 is 0. The maximum absolute atomic E-state index is 12.2. The van der Waals surface area contributed by atoms with E-state index in [0.29, 0.717) is 23.6 Å².